The summed E-state index contributed by atoms with van der Waals surface area (Å²) in [6.07, 6.45) is 4.53. The second-order valence-corrected chi connectivity index (χ2v) is 6.31. The van der Waals surface area contributed by atoms with E-state index in [1.54, 1.807) is 11.3 Å². The molecule has 96 valence electrons. The Morgan fingerprint density at radius 1 is 1.59 bits per heavy atom. The predicted molar refractivity (Wildman–Crippen MR) is 73.3 cm³/mol. The summed E-state index contributed by atoms with van der Waals surface area (Å²) in [6.45, 7) is 9.23. The lowest BCUT2D eigenvalue weighted by Gasteiger charge is -2.24. The molecule has 1 N–H and O–H groups in total. The van der Waals surface area contributed by atoms with E-state index in [2.05, 4.69) is 29.0 Å². The van der Waals surface area contributed by atoms with Crippen molar-refractivity contribution in [2.45, 2.75) is 39.3 Å². The van der Waals surface area contributed by atoms with E-state index in [9.17, 15) is 0 Å². The van der Waals surface area contributed by atoms with Gasteiger partial charge in [-0.2, -0.15) is 0 Å². The van der Waals surface area contributed by atoms with Gasteiger partial charge in [-0.15, -0.1) is 11.3 Å². The minimum absolute atomic E-state index is 0.658. The van der Waals surface area contributed by atoms with E-state index in [-0.39, 0.29) is 0 Å². The lowest BCUT2D eigenvalue weighted by atomic mass is 10.0. The minimum Gasteiger partial charge on any atom is -0.313 e. The Morgan fingerprint density at radius 2 is 2.47 bits per heavy atom. The molecule has 1 aromatic rings. The molecule has 2 rings (SSSR count). The van der Waals surface area contributed by atoms with E-state index in [4.69, 9.17) is 0 Å². The average Bonchev–Trinajstić information content (AvgIpc) is 2.66. The van der Waals surface area contributed by atoms with Gasteiger partial charge in [0.15, 0.2) is 0 Å². The van der Waals surface area contributed by atoms with Crippen LogP contribution in [0.1, 0.15) is 31.6 Å². The monoisotopic (exact) mass is 253 g/mol. The summed E-state index contributed by atoms with van der Waals surface area (Å²) >= 11 is 1.77. The molecule has 2 heterocycles. The molecule has 0 spiro atoms. The van der Waals surface area contributed by atoms with E-state index >= 15 is 0 Å². The van der Waals surface area contributed by atoms with Gasteiger partial charge in [-0.05, 0) is 31.8 Å². The van der Waals surface area contributed by atoms with Crippen LogP contribution in [0.2, 0.25) is 0 Å². The molecule has 0 radical (unpaired) electrons. The highest BCUT2D eigenvalue weighted by atomic mass is 32.1. The van der Waals surface area contributed by atoms with Crippen LogP contribution >= 0.6 is 11.3 Å². The van der Waals surface area contributed by atoms with Crippen molar-refractivity contribution in [3.05, 3.63) is 16.6 Å². The Labute approximate surface area is 108 Å². The van der Waals surface area contributed by atoms with Gasteiger partial charge < -0.3 is 5.32 Å². The molecule has 0 aromatic carbocycles. The number of nitrogens with zero attached hydrogens (tertiary/aromatic N) is 2. The summed E-state index contributed by atoms with van der Waals surface area (Å²) in [4.78, 5) is 8.11. The molecular formula is C13H23N3S. The number of thiazole rings is 1. The van der Waals surface area contributed by atoms with Gasteiger partial charge in [0, 0.05) is 30.2 Å². The highest BCUT2D eigenvalue weighted by Gasteiger charge is 2.18. The zero-order chi connectivity index (χ0) is 12.1. The van der Waals surface area contributed by atoms with Crippen LogP contribution < -0.4 is 5.32 Å². The molecule has 3 nitrogen and oxygen atoms in total. The van der Waals surface area contributed by atoms with Gasteiger partial charge in [0.2, 0.25) is 0 Å². The number of hydrogen-bond acceptors (Lipinski definition) is 4. The Bertz CT molecular complexity index is 310. The van der Waals surface area contributed by atoms with Gasteiger partial charge >= 0.3 is 0 Å². The molecule has 1 fully saturated rings. The van der Waals surface area contributed by atoms with Crippen molar-refractivity contribution in [2.75, 3.05) is 19.6 Å². The normalized spacial score (nSPS) is 22.9. The standard InChI is InChI=1S/C13H23N3S/c1-11(2)6-12-8-16(5-3-4-15-12)9-13-7-14-10-17-13/h7,10-12,15H,3-6,8-9H2,1-2H3. The minimum atomic E-state index is 0.658. The Hall–Kier alpha value is -0.450. The van der Waals surface area contributed by atoms with Gasteiger partial charge in [-0.1, -0.05) is 13.8 Å². The average molecular weight is 253 g/mol. The molecule has 17 heavy (non-hydrogen) atoms. The van der Waals surface area contributed by atoms with Gasteiger partial charge in [0.05, 0.1) is 5.51 Å². The third-order valence-electron chi connectivity index (χ3n) is 3.18. The third-order valence-corrected chi connectivity index (χ3v) is 3.95. The zero-order valence-electron chi connectivity index (χ0n) is 10.9. The van der Waals surface area contributed by atoms with Gasteiger partial charge in [0.25, 0.3) is 0 Å². The fraction of sp³-hybridized carbons (Fsp3) is 0.769. The topological polar surface area (TPSA) is 28.2 Å². The van der Waals surface area contributed by atoms with Crippen molar-refractivity contribution in [3.8, 4) is 0 Å². The molecule has 1 aliphatic rings. The van der Waals surface area contributed by atoms with Crippen molar-refractivity contribution in [3.63, 3.8) is 0 Å². The summed E-state index contributed by atoms with van der Waals surface area (Å²) in [6, 6.07) is 0.658. The van der Waals surface area contributed by atoms with Gasteiger partial charge in [-0.3, -0.25) is 9.88 Å². The fourth-order valence-electron chi connectivity index (χ4n) is 2.49. The van der Waals surface area contributed by atoms with Gasteiger partial charge in [0.1, 0.15) is 0 Å². The van der Waals surface area contributed by atoms with Crippen molar-refractivity contribution in [2.24, 2.45) is 5.92 Å². The second kappa shape index (κ2) is 6.47. The molecule has 1 unspecified atom stereocenters. The molecule has 0 aliphatic carbocycles. The Kier molecular flexibility index (Phi) is 4.95. The Morgan fingerprint density at radius 3 is 3.18 bits per heavy atom. The second-order valence-electron chi connectivity index (χ2n) is 5.34. The van der Waals surface area contributed by atoms with Crippen LogP contribution in [0.25, 0.3) is 0 Å². The fourth-order valence-corrected chi connectivity index (χ4v) is 3.12. The first-order chi connectivity index (χ1) is 8.24. The molecular weight excluding hydrogens is 230 g/mol. The number of nitrogens with one attached hydrogen (secondary N) is 1. The molecule has 0 amide bonds. The largest absolute Gasteiger partial charge is 0.313 e. The van der Waals surface area contributed by atoms with Crippen molar-refractivity contribution in [1.82, 2.24) is 15.2 Å². The summed E-state index contributed by atoms with van der Waals surface area (Å²) in [7, 11) is 0. The van der Waals surface area contributed by atoms with Crippen molar-refractivity contribution < 1.29 is 0 Å². The van der Waals surface area contributed by atoms with Gasteiger partial charge in [-0.25, -0.2) is 0 Å². The predicted octanol–water partition coefficient (Wildman–Crippen LogP) is 2.35. The summed E-state index contributed by atoms with van der Waals surface area (Å²) < 4.78 is 0. The maximum absolute atomic E-state index is 4.15. The van der Waals surface area contributed by atoms with E-state index < -0.39 is 0 Å². The molecule has 1 atom stereocenters. The zero-order valence-corrected chi connectivity index (χ0v) is 11.7. The van der Waals surface area contributed by atoms with E-state index in [1.165, 1.54) is 30.8 Å². The number of hydrogen-bond donors (Lipinski definition) is 1. The molecule has 1 aromatic heterocycles. The highest BCUT2D eigenvalue weighted by molar-refractivity contribution is 7.09. The first-order valence-corrected chi connectivity index (χ1v) is 7.45. The van der Waals surface area contributed by atoms with Crippen LogP contribution in [-0.2, 0) is 6.54 Å². The third kappa shape index (κ3) is 4.37. The van der Waals surface area contributed by atoms with Crippen LogP contribution in [-0.4, -0.2) is 35.6 Å². The highest BCUT2D eigenvalue weighted by Crippen LogP contribution is 2.14. The van der Waals surface area contributed by atoms with E-state index in [0.29, 0.717) is 6.04 Å². The molecule has 0 bridgehead atoms. The SMILES string of the molecule is CC(C)CC1CN(Cc2cncs2)CCCN1. The summed E-state index contributed by atoms with van der Waals surface area (Å²) in [5.74, 6) is 0.774. The van der Waals surface area contributed by atoms with Crippen molar-refractivity contribution in [1.29, 1.82) is 0 Å². The first kappa shape index (κ1) is 13.0. The molecule has 1 aliphatic heterocycles. The smallest absolute Gasteiger partial charge is 0.0794 e. The quantitative estimate of drug-likeness (QED) is 0.893. The Balaban J connectivity index is 1.88. The maximum Gasteiger partial charge on any atom is 0.0794 e. The lowest BCUT2D eigenvalue weighted by Crippen LogP contribution is -2.38. The van der Waals surface area contributed by atoms with Crippen LogP contribution in [0.3, 0.4) is 0 Å². The van der Waals surface area contributed by atoms with Crippen LogP contribution in [0.15, 0.2) is 11.7 Å². The maximum atomic E-state index is 4.15. The summed E-state index contributed by atoms with van der Waals surface area (Å²) in [5, 5.41) is 3.67. The summed E-state index contributed by atoms with van der Waals surface area (Å²) in [5.41, 5.74) is 1.93. The van der Waals surface area contributed by atoms with Crippen LogP contribution in [0, 0.1) is 5.92 Å². The first-order valence-electron chi connectivity index (χ1n) is 6.57. The van der Waals surface area contributed by atoms with Crippen molar-refractivity contribution >= 4 is 11.3 Å². The molecule has 0 saturated carbocycles. The van der Waals surface area contributed by atoms with Crippen LogP contribution in [0.4, 0.5) is 0 Å². The van der Waals surface area contributed by atoms with E-state index in [1.807, 2.05) is 11.7 Å². The number of aromatic nitrogens is 1. The lowest BCUT2D eigenvalue weighted by molar-refractivity contribution is 0.249. The molecule has 1 saturated heterocycles. The van der Waals surface area contributed by atoms with Crippen LogP contribution in [0.5, 0.6) is 0 Å². The number of rotatable bonds is 4. The van der Waals surface area contributed by atoms with E-state index in [0.717, 1.165) is 19.0 Å². The molecule has 4 heteroatoms.